The molecule has 0 atom stereocenters. The van der Waals surface area contributed by atoms with Crippen LogP contribution in [-0.2, 0) is 0 Å². The fraction of sp³-hybridized carbons (Fsp3) is 0.364. The smallest absolute Gasteiger partial charge is 0.163 e. The Balaban J connectivity index is 3.27. The SMILES string of the molecule is CC(=O)c1cc(F)cc(Br)c1OC(C)C. The van der Waals surface area contributed by atoms with Gasteiger partial charge in [0.1, 0.15) is 11.6 Å². The fourth-order valence-electron chi connectivity index (χ4n) is 1.18. The van der Waals surface area contributed by atoms with E-state index in [0.717, 1.165) is 0 Å². The van der Waals surface area contributed by atoms with Gasteiger partial charge >= 0.3 is 0 Å². The van der Waals surface area contributed by atoms with Gasteiger partial charge in [0.05, 0.1) is 16.1 Å². The first kappa shape index (κ1) is 12.2. The molecule has 1 rings (SSSR count). The quantitative estimate of drug-likeness (QED) is 0.788. The Morgan fingerprint density at radius 3 is 2.53 bits per heavy atom. The highest BCUT2D eigenvalue weighted by atomic mass is 79.9. The van der Waals surface area contributed by atoms with Gasteiger partial charge in [-0.2, -0.15) is 0 Å². The van der Waals surface area contributed by atoms with Gasteiger partial charge in [-0.25, -0.2) is 4.39 Å². The first-order valence-electron chi connectivity index (χ1n) is 4.58. The van der Waals surface area contributed by atoms with Gasteiger partial charge in [-0.15, -0.1) is 0 Å². The van der Waals surface area contributed by atoms with Crippen LogP contribution < -0.4 is 4.74 Å². The van der Waals surface area contributed by atoms with E-state index in [1.165, 1.54) is 19.1 Å². The number of carbonyl (C=O) groups is 1. The lowest BCUT2D eigenvalue weighted by molar-refractivity contribution is 0.101. The van der Waals surface area contributed by atoms with Crippen LogP contribution in [0, 0.1) is 5.82 Å². The minimum Gasteiger partial charge on any atom is -0.489 e. The van der Waals surface area contributed by atoms with Gasteiger partial charge in [0.25, 0.3) is 0 Å². The molecule has 0 saturated heterocycles. The largest absolute Gasteiger partial charge is 0.489 e. The first-order chi connectivity index (χ1) is 6.91. The molecule has 0 spiro atoms. The third kappa shape index (κ3) is 3.02. The van der Waals surface area contributed by atoms with E-state index in [0.29, 0.717) is 10.2 Å². The molecule has 0 aliphatic heterocycles. The van der Waals surface area contributed by atoms with Crippen molar-refractivity contribution in [2.24, 2.45) is 0 Å². The average molecular weight is 275 g/mol. The second-order valence-electron chi connectivity index (χ2n) is 3.49. The monoisotopic (exact) mass is 274 g/mol. The van der Waals surface area contributed by atoms with E-state index in [4.69, 9.17) is 4.74 Å². The molecule has 0 amide bonds. The number of carbonyl (C=O) groups excluding carboxylic acids is 1. The number of ether oxygens (including phenoxy) is 1. The molecule has 4 heteroatoms. The molecule has 15 heavy (non-hydrogen) atoms. The van der Waals surface area contributed by atoms with Crippen molar-refractivity contribution in [2.75, 3.05) is 0 Å². The van der Waals surface area contributed by atoms with E-state index < -0.39 is 5.82 Å². The zero-order valence-corrected chi connectivity index (χ0v) is 10.4. The van der Waals surface area contributed by atoms with E-state index in [1.54, 1.807) is 0 Å². The molecular formula is C11H12BrFO2. The molecule has 82 valence electrons. The van der Waals surface area contributed by atoms with Crippen LogP contribution in [0.3, 0.4) is 0 Å². The van der Waals surface area contributed by atoms with Crippen LogP contribution in [0.25, 0.3) is 0 Å². The number of hydrogen-bond donors (Lipinski definition) is 0. The molecule has 0 aliphatic carbocycles. The Morgan fingerprint density at radius 1 is 1.47 bits per heavy atom. The summed E-state index contributed by atoms with van der Waals surface area (Å²) in [6.45, 7) is 5.08. The van der Waals surface area contributed by atoms with Crippen molar-refractivity contribution in [3.8, 4) is 5.75 Å². The van der Waals surface area contributed by atoms with E-state index >= 15 is 0 Å². The molecule has 0 aliphatic rings. The maximum absolute atomic E-state index is 13.1. The predicted octanol–water partition coefficient (Wildman–Crippen LogP) is 3.58. The minimum absolute atomic E-state index is 0.0649. The van der Waals surface area contributed by atoms with Crippen molar-refractivity contribution in [1.29, 1.82) is 0 Å². The molecule has 1 aromatic carbocycles. The Morgan fingerprint density at radius 2 is 2.07 bits per heavy atom. The van der Waals surface area contributed by atoms with Gasteiger partial charge in [0.2, 0.25) is 0 Å². The minimum atomic E-state index is -0.455. The fourth-order valence-corrected chi connectivity index (χ4v) is 1.70. The van der Waals surface area contributed by atoms with Gasteiger partial charge in [-0.3, -0.25) is 4.79 Å². The third-order valence-electron chi connectivity index (χ3n) is 1.74. The van der Waals surface area contributed by atoms with E-state index in [9.17, 15) is 9.18 Å². The lowest BCUT2D eigenvalue weighted by Crippen LogP contribution is -2.10. The van der Waals surface area contributed by atoms with Crippen molar-refractivity contribution < 1.29 is 13.9 Å². The van der Waals surface area contributed by atoms with Crippen molar-refractivity contribution >= 4 is 21.7 Å². The molecule has 0 heterocycles. The standard InChI is InChI=1S/C11H12BrFO2/c1-6(2)15-11-9(7(3)14)4-8(13)5-10(11)12/h4-6H,1-3H3. The highest BCUT2D eigenvalue weighted by Gasteiger charge is 2.15. The van der Waals surface area contributed by atoms with E-state index in [2.05, 4.69) is 15.9 Å². The number of ketones is 1. The van der Waals surface area contributed by atoms with E-state index in [1.807, 2.05) is 13.8 Å². The van der Waals surface area contributed by atoms with Crippen LogP contribution in [0.15, 0.2) is 16.6 Å². The Labute approximate surface area is 96.6 Å². The number of Topliss-reactive ketones (excluding diaryl/α,β-unsaturated/α-hetero) is 1. The summed E-state index contributed by atoms with van der Waals surface area (Å²) >= 11 is 3.18. The van der Waals surface area contributed by atoms with Gasteiger partial charge in [0, 0.05) is 0 Å². The summed E-state index contributed by atoms with van der Waals surface area (Å²) in [5, 5.41) is 0. The van der Waals surface area contributed by atoms with E-state index in [-0.39, 0.29) is 17.5 Å². The summed E-state index contributed by atoms with van der Waals surface area (Å²) < 4.78 is 19.0. The number of hydrogen-bond acceptors (Lipinski definition) is 2. The molecule has 0 N–H and O–H groups in total. The van der Waals surface area contributed by atoms with Crippen LogP contribution in [0.2, 0.25) is 0 Å². The molecule has 0 saturated carbocycles. The second-order valence-corrected chi connectivity index (χ2v) is 4.34. The zero-order chi connectivity index (χ0) is 11.6. The second kappa shape index (κ2) is 4.75. The van der Waals surface area contributed by atoms with Crippen LogP contribution in [0.5, 0.6) is 5.75 Å². The highest BCUT2D eigenvalue weighted by Crippen LogP contribution is 2.31. The molecule has 0 bridgehead atoms. The van der Waals surface area contributed by atoms with Crippen molar-refractivity contribution in [3.63, 3.8) is 0 Å². The summed E-state index contributed by atoms with van der Waals surface area (Å²) in [6.07, 6.45) is -0.0649. The topological polar surface area (TPSA) is 26.3 Å². The molecule has 0 aromatic heterocycles. The predicted molar refractivity (Wildman–Crippen MR) is 59.9 cm³/mol. The summed E-state index contributed by atoms with van der Waals surface area (Å²) in [6, 6.07) is 2.47. The summed E-state index contributed by atoms with van der Waals surface area (Å²) in [7, 11) is 0. The molecule has 1 aromatic rings. The number of rotatable bonds is 3. The van der Waals surface area contributed by atoms with Crippen LogP contribution >= 0.6 is 15.9 Å². The van der Waals surface area contributed by atoms with Crippen molar-refractivity contribution in [2.45, 2.75) is 26.9 Å². The summed E-state index contributed by atoms with van der Waals surface area (Å²) in [4.78, 5) is 11.3. The molecule has 0 unspecified atom stereocenters. The van der Waals surface area contributed by atoms with Gasteiger partial charge in [-0.1, -0.05) is 0 Å². The Bertz CT molecular complexity index is 388. The maximum atomic E-state index is 13.1. The van der Waals surface area contributed by atoms with Gasteiger partial charge < -0.3 is 4.74 Å². The molecule has 2 nitrogen and oxygen atoms in total. The molecule has 0 radical (unpaired) electrons. The Kier molecular flexibility index (Phi) is 3.85. The maximum Gasteiger partial charge on any atom is 0.163 e. The highest BCUT2D eigenvalue weighted by molar-refractivity contribution is 9.10. The van der Waals surface area contributed by atoms with Crippen molar-refractivity contribution in [1.82, 2.24) is 0 Å². The van der Waals surface area contributed by atoms with Crippen LogP contribution in [0.4, 0.5) is 4.39 Å². The van der Waals surface area contributed by atoms with Crippen LogP contribution in [0.1, 0.15) is 31.1 Å². The third-order valence-corrected chi connectivity index (χ3v) is 2.33. The summed E-state index contributed by atoms with van der Waals surface area (Å²) in [5.74, 6) is -0.270. The zero-order valence-electron chi connectivity index (χ0n) is 8.80. The van der Waals surface area contributed by atoms with Crippen LogP contribution in [-0.4, -0.2) is 11.9 Å². The van der Waals surface area contributed by atoms with Crippen molar-refractivity contribution in [3.05, 3.63) is 28.0 Å². The first-order valence-corrected chi connectivity index (χ1v) is 5.37. The lowest BCUT2D eigenvalue weighted by atomic mass is 10.1. The lowest BCUT2D eigenvalue weighted by Gasteiger charge is -2.14. The summed E-state index contributed by atoms with van der Waals surface area (Å²) in [5.41, 5.74) is 0.260. The number of halogens is 2. The average Bonchev–Trinajstić information content (AvgIpc) is 2.08. The normalized spacial score (nSPS) is 10.5. The van der Waals surface area contributed by atoms with Gasteiger partial charge in [0.15, 0.2) is 5.78 Å². The Hall–Kier alpha value is -0.900. The van der Waals surface area contributed by atoms with Gasteiger partial charge in [-0.05, 0) is 48.8 Å². The molecule has 0 fully saturated rings. The number of benzene rings is 1. The molecular weight excluding hydrogens is 263 g/mol.